The molecule has 1 spiro atoms. The normalized spacial score (nSPS) is 25.0. The smallest absolute Gasteiger partial charge is 0.246 e. The van der Waals surface area contributed by atoms with Crippen molar-refractivity contribution in [3.05, 3.63) is 70.7 Å². The topological polar surface area (TPSA) is 61.9 Å². The van der Waals surface area contributed by atoms with Crippen LogP contribution in [-0.4, -0.2) is 65.5 Å². The Morgan fingerprint density at radius 3 is 2.41 bits per heavy atom. The predicted octanol–water partition coefficient (Wildman–Crippen LogP) is 3.42. The van der Waals surface area contributed by atoms with E-state index in [0.29, 0.717) is 25.8 Å². The fourth-order valence-corrected chi connectivity index (χ4v) is 5.67. The number of piperidine rings is 1. The molecule has 2 aromatic carbocycles. The second-order valence-corrected chi connectivity index (χ2v) is 10.2. The molecule has 1 N–H and O–H groups in total. The van der Waals surface area contributed by atoms with Crippen LogP contribution in [0.15, 0.2) is 54.6 Å². The van der Waals surface area contributed by atoms with Crippen molar-refractivity contribution in [1.82, 2.24) is 15.1 Å². The molecular weight excluding hydrogens is 450 g/mol. The number of rotatable bonds is 6. The second kappa shape index (κ2) is 10.1. The molecule has 2 unspecified atom stereocenters. The quantitative estimate of drug-likeness (QED) is 0.686. The highest BCUT2D eigenvalue weighted by atomic mass is 35.5. The molecule has 0 radical (unpaired) electrons. The molecule has 3 fully saturated rings. The monoisotopic (exact) mass is 481 g/mol. The molecule has 0 aliphatic carbocycles. The lowest BCUT2D eigenvalue weighted by atomic mass is 9.80. The zero-order chi connectivity index (χ0) is 23.5. The number of likely N-dealkylation sites (tertiary alicyclic amines) is 1. The first-order chi connectivity index (χ1) is 16.5. The van der Waals surface area contributed by atoms with Crippen molar-refractivity contribution in [1.29, 1.82) is 0 Å². The summed E-state index contributed by atoms with van der Waals surface area (Å²) in [4.78, 5) is 31.6. The Balaban J connectivity index is 1.33. The van der Waals surface area contributed by atoms with E-state index in [9.17, 15) is 9.59 Å². The van der Waals surface area contributed by atoms with Crippen molar-refractivity contribution in [2.75, 3.05) is 26.2 Å². The molecule has 180 valence electrons. The number of nitrogens with zero attached hydrogens (tertiary/aromatic N) is 2. The van der Waals surface area contributed by atoms with E-state index in [4.69, 9.17) is 16.3 Å². The standard InChI is InChI=1S/C27H32ClN3O3/c28-22-10-8-21(9-11-22)18-30-14-12-27(13-15-30)26(33)29-24(17-20-5-2-1-3-6-20)25(32)31(27)19-23-7-4-16-34-23/h1-3,5-6,8-11,23-24H,4,7,12-19H2,(H,29,33). The molecule has 0 aromatic heterocycles. The summed E-state index contributed by atoms with van der Waals surface area (Å²) in [5, 5.41) is 3.83. The molecule has 3 aliphatic heterocycles. The molecule has 0 bridgehead atoms. The summed E-state index contributed by atoms with van der Waals surface area (Å²) in [6.07, 6.45) is 3.72. The van der Waals surface area contributed by atoms with Crippen LogP contribution in [0.4, 0.5) is 0 Å². The Morgan fingerprint density at radius 1 is 1.00 bits per heavy atom. The van der Waals surface area contributed by atoms with Crippen molar-refractivity contribution in [3.8, 4) is 0 Å². The lowest BCUT2D eigenvalue weighted by Gasteiger charge is -2.52. The van der Waals surface area contributed by atoms with Crippen molar-refractivity contribution >= 4 is 23.4 Å². The summed E-state index contributed by atoms with van der Waals surface area (Å²) in [7, 11) is 0. The Morgan fingerprint density at radius 2 is 1.74 bits per heavy atom. The van der Waals surface area contributed by atoms with Gasteiger partial charge in [0.05, 0.1) is 6.10 Å². The van der Waals surface area contributed by atoms with Crippen LogP contribution in [-0.2, 0) is 27.3 Å². The number of nitrogens with one attached hydrogen (secondary N) is 1. The summed E-state index contributed by atoms with van der Waals surface area (Å²) in [5.41, 5.74) is 1.45. The van der Waals surface area contributed by atoms with Gasteiger partial charge in [-0.25, -0.2) is 0 Å². The Kier molecular flexibility index (Phi) is 6.91. The molecule has 3 saturated heterocycles. The Bertz CT molecular complexity index is 1000. The number of carbonyl (C=O) groups excluding carboxylic acids is 2. The Hall–Kier alpha value is -2.41. The summed E-state index contributed by atoms with van der Waals surface area (Å²) in [5.74, 6) is 0.00211. The summed E-state index contributed by atoms with van der Waals surface area (Å²) in [6, 6.07) is 17.3. The lowest BCUT2D eigenvalue weighted by molar-refractivity contribution is -0.163. The van der Waals surface area contributed by atoms with Gasteiger partial charge < -0.3 is 15.0 Å². The number of carbonyl (C=O) groups is 2. The van der Waals surface area contributed by atoms with Gasteiger partial charge in [-0.2, -0.15) is 0 Å². The van der Waals surface area contributed by atoms with E-state index in [1.807, 2.05) is 59.5 Å². The Labute approximate surface area is 206 Å². The molecule has 2 amide bonds. The lowest BCUT2D eigenvalue weighted by Crippen LogP contribution is -2.73. The zero-order valence-corrected chi connectivity index (χ0v) is 20.2. The third kappa shape index (κ3) is 4.85. The van der Waals surface area contributed by atoms with Crippen molar-refractivity contribution in [2.24, 2.45) is 0 Å². The average Bonchev–Trinajstić information content (AvgIpc) is 3.37. The number of hydrogen-bond donors (Lipinski definition) is 1. The fourth-order valence-electron chi connectivity index (χ4n) is 5.55. The largest absolute Gasteiger partial charge is 0.376 e. The van der Waals surface area contributed by atoms with E-state index < -0.39 is 11.6 Å². The van der Waals surface area contributed by atoms with Gasteiger partial charge in [0.15, 0.2) is 0 Å². The second-order valence-electron chi connectivity index (χ2n) is 9.73. The van der Waals surface area contributed by atoms with Gasteiger partial charge in [0.25, 0.3) is 0 Å². The number of ether oxygens (including phenoxy) is 1. The molecule has 7 heteroatoms. The van der Waals surface area contributed by atoms with Crippen LogP contribution in [0.3, 0.4) is 0 Å². The van der Waals surface area contributed by atoms with Crippen LogP contribution in [0.5, 0.6) is 0 Å². The maximum absolute atomic E-state index is 13.8. The predicted molar refractivity (Wildman–Crippen MR) is 131 cm³/mol. The van der Waals surface area contributed by atoms with Crippen molar-refractivity contribution in [3.63, 3.8) is 0 Å². The molecule has 6 nitrogen and oxygen atoms in total. The SMILES string of the molecule is O=C1C(Cc2ccccc2)NC(=O)C2(CCN(Cc3ccc(Cl)cc3)CC2)N1CC1CCCO1. The highest BCUT2D eigenvalue weighted by Crippen LogP contribution is 2.35. The molecular formula is C27H32ClN3O3. The van der Waals surface area contributed by atoms with Crippen LogP contribution in [0, 0.1) is 0 Å². The molecule has 5 rings (SSSR count). The van der Waals surface area contributed by atoms with Gasteiger partial charge in [-0.05, 0) is 48.9 Å². The van der Waals surface area contributed by atoms with Crippen molar-refractivity contribution < 1.29 is 14.3 Å². The first-order valence-corrected chi connectivity index (χ1v) is 12.7. The number of piperazine rings is 1. The van der Waals surface area contributed by atoms with E-state index in [1.165, 1.54) is 5.56 Å². The highest BCUT2D eigenvalue weighted by molar-refractivity contribution is 6.30. The van der Waals surface area contributed by atoms with Crippen LogP contribution in [0.1, 0.15) is 36.8 Å². The van der Waals surface area contributed by atoms with Gasteiger partial charge in [0.1, 0.15) is 11.6 Å². The van der Waals surface area contributed by atoms with Crippen LogP contribution >= 0.6 is 11.6 Å². The van der Waals surface area contributed by atoms with Crippen LogP contribution < -0.4 is 5.32 Å². The molecule has 0 saturated carbocycles. The van der Waals surface area contributed by atoms with Crippen LogP contribution in [0.2, 0.25) is 5.02 Å². The average molecular weight is 482 g/mol. The first kappa shape index (κ1) is 23.3. The maximum atomic E-state index is 13.8. The molecule has 2 aromatic rings. The number of halogens is 1. The summed E-state index contributed by atoms with van der Waals surface area (Å²) < 4.78 is 5.89. The molecule has 2 atom stereocenters. The summed E-state index contributed by atoms with van der Waals surface area (Å²) >= 11 is 6.02. The van der Waals surface area contributed by atoms with Gasteiger partial charge in [-0.1, -0.05) is 54.1 Å². The van der Waals surface area contributed by atoms with E-state index in [2.05, 4.69) is 10.2 Å². The van der Waals surface area contributed by atoms with Crippen LogP contribution in [0.25, 0.3) is 0 Å². The van der Waals surface area contributed by atoms with Gasteiger partial charge in [-0.15, -0.1) is 0 Å². The minimum absolute atomic E-state index is 0.0104. The zero-order valence-electron chi connectivity index (χ0n) is 19.4. The van der Waals surface area contributed by atoms with Gasteiger partial charge in [0, 0.05) is 44.2 Å². The minimum Gasteiger partial charge on any atom is -0.376 e. The highest BCUT2D eigenvalue weighted by Gasteiger charge is 2.54. The third-order valence-corrected chi connectivity index (χ3v) is 7.76. The fraction of sp³-hybridized carbons (Fsp3) is 0.481. The number of benzene rings is 2. The minimum atomic E-state index is -0.799. The number of hydrogen-bond acceptors (Lipinski definition) is 4. The first-order valence-electron chi connectivity index (χ1n) is 12.3. The van der Waals surface area contributed by atoms with Gasteiger partial charge >= 0.3 is 0 Å². The number of amides is 2. The van der Waals surface area contributed by atoms with Crippen molar-refractivity contribution in [2.45, 2.75) is 56.3 Å². The molecule has 34 heavy (non-hydrogen) atoms. The molecule has 3 aliphatic rings. The van der Waals surface area contributed by atoms with E-state index in [-0.39, 0.29) is 17.9 Å². The van der Waals surface area contributed by atoms with E-state index >= 15 is 0 Å². The summed E-state index contributed by atoms with van der Waals surface area (Å²) in [6.45, 7) is 3.55. The van der Waals surface area contributed by atoms with Gasteiger partial charge in [0.2, 0.25) is 11.8 Å². The van der Waals surface area contributed by atoms with E-state index in [1.54, 1.807) is 0 Å². The maximum Gasteiger partial charge on any atom is 0.246 e. The third-order valence-electron chi connectivity index (χ3n) is 7.50. The molecule has 3 heterocycles. The van der Waals surface area contributed by atoms with Gasteiger partial charge in [-0.3, -0.25) is 14.5 Å². The van der Waals surface area contributed by atoms with E-state index in [0.717, 1.165) is 49.7 Å².